The molecule has 10 nitrogen and oxygen atoms in total. The summed E-state index contributed by atoms with van der Waals surface area (Å²) in [5.41, 5.74) is 3.27. The van der Waals surface area contributed by atoms with E-state index in [0.717, 1.165) is 22.4 Å². The molecule has 232 valence electrons. The number of aryl methyl sites for hydroxylation is 1. The molecule has 2 atom stereocenters. The van der Waals surface area contributed by atoms with Crippen LogP contribution < -0.4 is 25.4 Å². The Balaban J connectivity index is 1.49. The summed E-state index contributed by atoms with van der Waals surface area (Å²) in [4.78, 5) is 54.7. The SMILES string of the molecule is Cc1cccc(OCCNC(=O)[C@@H]2CCC(=O)N[C@@H](Cc3ccccc3)C(=O)N(C)CCOc3ccccc3C(=O)N2)c1C. The van der Waals surface area contributed by atoms with Crippen LogP contribution in [0.15, 0.2) is 72.8 Å². The van der Waals surface area contributed by atoms with Crippen LogP contribution in [0.25, 0.3) is 0 Å². The van der Waals surface area contributed by atoms with Gasteiger partial charge in [0.15, 0.2) is 0 Å². The van der Waals surface area contributed by atoms with Crippen LogP contribution in [0, 0.1) is 13.8 Å². The highest BCUT2D eigenvalue weighted by atomic mass is 16.5. The van der Waals surface area contributed by atoms with Crippen LogP contribution in [-0.4, -0.2) is 74.0 Å². The lowest BCUT2D eigenvalue weighted by Gasteiger charge is -2.25. The Hall–Kier alpha value is -4.86. The Labute approximate surface area is 258 Å². The van der Waals surface area contributed by atoms with Crippen molar-refractivity contribution in [1.29, 1.82) is 0 Å². The Morgan fingerprint density at radius 3 is 2.52 bits per heavy atom. The highest BCUT2D eigenvalue weighted by Crippen LogP contribution is 2.21. The molecule has 0 saturated carbocycles. The second-order valence-corrected chi connectivity index (χ2v) is 10.8. The number of carbonyl (C=O) groups is 4. The number of likely N-dealkylation sites (N-methyl/N-ethyl adjacent to an activating group) is 1. The quantitative estimate of drug-likeness (QED) is 0.358. The number of fused-ring (bicyclic) bond motifs is 1. The van der Waals surface area contributed by atoms with Gasteiger partial charge in [0.2, 0.25) is 17.7 Å². The number of rotatable bonds is 7. The zero-order valence-electron chi connectivity index (χ0n) is 25.4. The van der Waals surface area contributed by atoms with Gasteiger partial charge in [-0.2, -0.15) is 0 Å². The topological polar surface area (TPSA) is 126 Å². The first kappa shape index (κ1) is 32.1. The minimum Gasteiger partial charge on any atom is -0.491 e. The Morgan fingerprint density at radius 1 is 0.977 bits per heavy atom. The van der Waals surface area contributed by atoms with Gasteiger partial charge < -0.3 is 30.3 Å². The van der Waals surface area contributed by atoms with Crippen molar-refractivity contribution in [3.8, 4) is 11.5 Å². The molecule has 3 aromatic carbocycles. The number of para-hydroxylation sites is 1. The summed E-state index contributed by atoms with van der Waals surface area (Å²) < 4.78 is 11.8. The molecule has 1 heterocycles. The molecule has 0 spiro atoms. The van der Waals surface area contributed by atoms with Crippen molar-refractivity contribution < 1.29 is 28.7 Å². The van der Waals surface area contributed by atoms with Gasteiger partial charge in [0.25, 0.3) is 5.91 Å². The summed E-state index contributed by atoms with van der Waals surface area (Å²) in [7, 11) is 1.65. The third-order valence-electron chi connectivity index (χ3n) is 7.60. The molecule has 3 aromatic rings. The number of nitrogens with one attached hydrogen (secondary N) is 3. The predicted octanol–water partition coefficient (Wildman–Crippen LogP) is 2.96. The van der Waals surface area contributed by atoms with Crippen molar-refractivity contribution in [3.05, 3.63) is 95.1 Å². The van der Waals surface area contributed by atoms with Gasteiger partial charge in [-0.15, -0.1) is 0 Å². The average molecular weight is 601 g/mol. The first-order chi connectivity index (χ1) is 21.2. The molecule has 0 fully saturated rings. The van der Waals surface area contributed by atoms with Crippen LogP contribution in [0.2, 0.25) is 0 Å². The van der Waals surface area contributed by atoms with E-state index in [4.69, 9.17) is 9.47 Å². The highest BCUT2D eigenvalue weighted by Gasteiger charge is 2.28. The van der Waals surface area contributed by atoms with E-state index in [1.54, 1.807) is 31.3 Å². The van der Waals surface area contributed by atoms with E-state index in [1.807, 2.05) is 62.4 Å². The molecule has 1 aliphatic heterocycles. The second-order valence-electron chi connectivity index (χ2n) is 10.8. The van der Waals surface area contributed by atoms with Crippen LogP contribution in [-0.2, 0) is 20.8 Å². The van der Waals surface area contributed by atoms with Gasteiger partial charge in [0.1, 0.15) is 36.8 Å². The molecular weight excluding hydrogens is 560 g/mol. The van der Waals surface area contributed by atoms with Gasteiger partial charge in [-0.1, -0.05) is 54.6 Å². The van der Waals surface area contributed by atoms with Gasteiger partial charge in [0.05, 0.1) is 18.7 Å². The molecule has 0 bridgehead atoms. The Kier molecular flexibility index (Phi) is 11.3. The largest absolute Gasteiger partial charge is 0.491 e. The summed E-state index contributed by atoms with van der Waals surface area (Å²) >= 11 is 0. The maximum atomic E-state index is 13.4. The summed E-state index contributed by atoms with van der Waals surface area (Å²) in [6.07, 6.45) is 0.241. The van der Waals surface area contributed by atoms with Crippen molar-refractivity contribution in [2.45, 2.75) is 45.2 Å². The third-order valence-corrected chi connectivity index (χ3v) is 7.60. The van der Waals surface area contributed by atoms with Gasteiger partial charge in [-0.3, -0.25) is 19.2 Å². The molecule has 3 N–H and O–H groups in total. The number of nitrogens with zero attached hydrogens (tertiary/aromatic N) is 1. The predicted molar refractivity (Wildman–Crippen MR) is 167 cm³/mol. The normalized spacial score (nSPS) is 18.1. The number of ether oxygens (including phenoxy) is 2. The highest BCUT2D eigenvalue weighted by molar-refractivity contribution is 5.99. The fourth-order valence-electron chi connectivity index (χ4n) is 4.88. The van der Waals surface area contributed by atoms with Gasteiger partial charge in [0, 0.05) is 19.9 Å². The molecule has 0 radical (unpaired) electrons. The standard InChI is InChI=1S/C34H40N4O6/c1-23-10-9-15-29(24(23)2)43-20-18-35-33(41)27-16-17-31(39)36-28(22-25-11-5-4-6-12-25)34(42)38(3)19-21-44-30-14-8-7-13-26(30)32(40)37-27/h4-15,27-28H,16-22H2,1-3H3,(H,35,41)(H,36,39)(H,37,40)/t27-,28-/m0/s1. The maximum Gasteiger partial charge on any atom is 0.255 e. The number of hydrogen-bond donors (Lipinski definition) is 3. The third kappa shape index (κ3) is 8.82. The van der Waals surface area contributed by atoms with Crippen LogP contribution >= 0.6 is 0 Å². The number of hydrogen-bond acceptors (Lipinski definition) is 6. The molecule has 1 aliphatic rings. The van der Waals surface area contributed by atoms with Crippen molar-refractivity contribution in [1.82, 2.24) is 20.9 Å². The molecule has 0 saturated heterocycles. The minimum atomic E-state index is -1.02. The maximum absolute atomic E-state index is 13.4. The number of benzene rings is 3. The number of carbonyl (C=O) groups excluding carboxylic acids is 4. The lowest BCUT2D eigenvalue weighted by molar-refractivity contribution is -0.135. The van der Waals surface area contributed by atoms with Crippen LogP contribution in [0.4, 0.5) is 0 Å². The first-order valence-electron chi connectivity index (χ1n) is 14.8. The molecular formula is C34H40N4O6. The number of amides is 4. The molecule has 0 aromatic heterocycles. The summed E-state index contributed by atoms with van der Waals surface area (Å²) in [6.45, 7) is 4.76. The van der Waals surface area contributed by atoms with Gasteiger partial charge in [-0.05, 0) is 55.2 Å². The van der Waals surface area contributed by atoms with Crippen molar-refractivity contribution in [3.63, 3.8) is 0 Å². The van der Waals surface area contributed by atoms with Crippen LogP contribution in [0.1, 0.15) is 39.9 Å². The van der Waals surface area contributed by atoms with Crippen molar-refractivity contribution >= 4 is 23.6 Å². The molecule has 10 heteroatoms. The molecule has 4 amide bonds. The average Bonchev–Trinajstić information content (AvgIpc) is 3.02. The summed E-state index contributed by atoms with van der Waals surface area (Å²) in [5, 5.41) is 8.44. The van der Waals surface area contributed by atoms with E-state index in [9.17, 15) is 19.2 Å². The monoisotopic (exact) mass is 600 g/mol. The Morgan fingerprint density at radius 2 is 1.73 bits per heavy atom. The van der Waals surface area contributed by atoms with E-state index in [1.165, 1.54) is 4.90 Å². The lowest BCUT2D eigenvalue weighted by Crippen LogP contribution is -2.50. The lowest BCUT2D eigenvalue weighted by atomic mass is 10.0. The van der Waals surface area contributed by atoms with Crippen LogP contribution in [0.3, 0.4) is 0 Å². The summed E-state index contributed by atoms with van der Waals surface area (Å²) in [6, 6.07) is 20.1. The fourth-order valence-corrected chi connectivity index (χ4v) is 4.88. The molecule has 44 heavy (non-hydrogen) atoms. The van der Waals surface area contributed by atoms with E-state index >= 15 is 0 Å². The van der Waals surface area contributed by atoms with Gasteiger partial charge >= 0.3 is 0 Å². The van der Waals surface area contributed by atoms with Crippen LogP contribution in [0.5, 0.6) is 11.5 Å². The van der Waals surface area contributed by atoms with Gasteiger partial charge in [-0.25, -0.2) is 0 Å². The van der Waals surface area contributed by atoms with Crippen molar-refractivity contribution in [2.24, 2.45) is 0 Å². The molecule has 0 unspecified atom stereocenters. The second kappa shape index (κ2) is 15.6. The van der Waals surface area contributed by atoms with E-state index in [0.29, 0.717) is 12.2 Å². The zero-order valence-corrected chi connectivity index (χ0v) is 25.4. The van der Waals surface area contributed by atoms with E-state index in [-0.39, 0.29) is 50.6 Å². The summed E-state index contributed by atoms with van der Waals surface area (Å²) in [5.74, 6) is -0.549. The molecule has 4 rings (SSSR count). The smallest absolute Gasteiger partial charge is 0.255 e. The van der Waals surface area contributed by atoms with E-state index in [2.05, 4.69) is 16.0 Å². The first-order valence-corrected chi connectivity index (χ1v) is 14.8. The minimum absolute atomic E-state index is 0.0202. The fraction of sp³-hybridized carbons (Fsp3) is 0.353. The zero-order chi connectivity index (χ0) is 31.5. The Bertz CT molecular complexity index is 1460. The molecule has 0 aliphatic carbocycles. The van der Waals surface area contributed by atoms with Crippen molar-refractivity contribution in [2.75, 3.05) is 33.4 Å². The van der Waals surface area contributed by atoms with E-state index < -0.39 is 29.8 Å².